The first-order chi connectivity index (χ1) is 23.7. The Balaban J connectivity index is 0.000000240. The third kappa shape index (κ3) is 10.6. The van der Waals surface area contributed by atoms with Crippen LogP contribution in [0.3, 0.4) is 0 Å². The van der Waals surface area contributed by atoms with Gasteiger partial charge in [-0.15, -0.1) is 0 Å². The molecule has 0 amide bonds. The van der Waals surface area contributed by atoms with E-state index in [0.29, 0.717) is 67.7 Å². The van der Waals surface area contributed by atoms with Gasteiger partial charge in [0.1, 0.15) is 0 Å². The smallest absolute Gasteiger partial charge is 0.300 e. The highest BCUT2D eigenvalue weighted by Crippen LogP contribution is 1.98. The van der Waals surface area contributed by atoms with E-state index in [1.54, 1.807) is 40.1 Å². The van der Waals surface area contributed by atoms with Crippen molar-refractivity contribution in [3.8, 4) is 0 Å². The highest BCUT2D eigenvalue weighted by Gasteiger charge is 2.13. The zero-order chi connectivity index (χ0) is 37.1. The zero-order valence-corrected chi connectivity index (χ0v) is 32.8. The molecule has 0 unspecified atom stereocenters. The van der Waals surface area contributed by atoms with Crippen molar-refractivity contribution in [3.05, 3.63) is 130 Å². The minimum absolute atomic E-state index is 0.180. The maximum atomic E-state index is 12.4. The van der Waals surface area contributed by atoms with Crippen LogP contribution < -0.4 is 45.0 Å². The normalized spacial score (nSPS) is 12.4. The predicted octanol–water partition coefficient (Wildman–Crippen LogP) is 0.784. The Morgan fingerprint density at radius 3 is 1.28 bits per heavy atom. The van der Waals surface area contributed by atoms with E-state index >= 15 is 0 Å². The number of fused-ring (bicyclic) bond motifs is 4. The summed E-state index contributed by atoms with van der Waals surface area (Å²) in [7, 11) is 0. The van der Waals surface area contributed by atoms with Crippen LogP contribution in [-0.2, 0) is 39.3 Å². The lowest BCUT2D eigenvalue weighted by molar-refractivity contribution is 0.440. The fourth-order valence-electron chi connectivity index (χ4n) is 5.14. The van der Waals surface area contributed by atoms with Crippen molar-refractivity contribution in [2.24, 2.45) is 0 Å². The lowest BCUT2D eigenvalue weighted by Gasteiger charge is -2.16. The van der Waals surface area contributed by atoms with E-state index in [9.17, 15) is 38.4 Å². The van der Waals surface area contributed by atoms with Gasteiger partial charge < -0.3 is 18.3 Å². The monoisotopic (exact) mass is 920 g/mol. The molecule has 4 aromatic heterocycles. The van der Waals surface area contributed by atoms with E-state index < -0.39 is 22.5 Å². The molecule has 0 fully saturated rings. The number of aryl methyl sites for hydroxylation is 8. The molecule has 0 aromatic carbocycles. The lowest BCUT2D eigenvalue weighted by Crippen LogP contribution is -2.44. The molecule has 2 N–H and O–H groups in total. The van der Waals surface area contributed by atoms with Gasteiger partial charge in [-0.05, 0) is 53.4 Å². The molecule has 0 spiro atoms. The van der Waals surface area contributed by atoms with Crippen molar-refractivity contribution < 1.29 is 0 Å². The van der Waals surface area contributed by atoms with Gasteiger partial charge in [0.25, 0.3) is 22.2 Å². The van der Waals surface area contributed by atoms with E-state index in [4.69, 9.17) is 0 Å². The molecule has 5 heterocycles. The molecule has 50 heavy (non-hydrogen) atoms. The zero-order valence-electron chi connectivity index (χ0n) is 28.5. The van der Waals surface area contributed by atoms with Gasteiger partial charge in [0, 0.05) is 95.2 Å². The van der Waals surface area contributed by atoms with Crippen molar-refractivity contribution in [3.63, 3.8) is 0 Å². The summed E-state index contributed by atoms with van der Waals surface area (Å²) in [6, 6.07) is 0. The summed E-state index contributed by atoms with van der Waals surface area (Å²) in [4.78, 5) is 99.4. The highest BCUT2D eigenvalue weighted by atomic mass is 127. The maximum absolute atomic E-state index is 12.4. The number of rotatable bonds is 6. The molecular formula is C32H42I2N8O8. The minimum atomic E-state index is -0.476. The van der Waals surface area contributed by atoms with Crippen LogP contribution in [0.5, 0.6) is 0 Å². The van der Waals surface area contributed by atoms with Crippen LogP contribution in [0.4, 0.5) is 0 Å². The average Bonchev–Trinajstić information content (AvgIpc) is 3.06. The van der Waals surface area contributed by atoms with Crippen LogP contribution >= 0.6 is 45.2 Å². The van der Waals surface area contributed by atoms with Crippen molar-refractivity contribution in [1.29, 1.82) is 0 Å². The van der Waals surface area contributed by atoms with Crippen LogP contribution in [0, 0.1) is 27.7 Å². The van der Waals surface area contributed by atoms with Gasteiger partial charge in [-0.3, -0.25) is 38.3 Å². The summed E-state index contributed by atoms with van der Waals surface area (Å²) in [6.45, 7) is 8.49. The number of halogens is 2. The van der Waals surface area contributed by atoms with E-state index in [1.807, 2.05) is 0 Å². The lowest BCUT2D eigenvalue weighted by atomic mass is 10.3. The van der Waals surface area contributed by atoms with Crippen LogP contribution in [-0.4, -0.2) is 46.2 Å². The van der Waals surface area contributed by atoms with Crippen molar-refractivity contribution in [1.82, 2.24) is 37.4 Å². The average molecular weight is 921 g/mol. The van der Waals surface area contributed by atoms with Gasteiger partial charge >= 0.3 is 22.8 Å². The Bertz CT molecular complexity index is 2130. The van der Waals surface area contributed by atoms with E-state index in [0.717, 1.165) is 0 Å². The first-order valence-corrected chi connectivity index (χ1v) is 19.1. The molecule has 0 aliphatic carbocycles. The van der Waals surface area contributed by atoms with Gasteiger partial charge in [0.15, 0.2) is 0 Å². The quantitative estimate of drug-likeness (QED) is 0.209. The SMILES string of the molecule is Cc1cn(CCCn2cc(C)c(=O)[nH]c2=O)c(=O)[nH]c1=O.Cc1cn2c(=O)n(c1=O)CCCn1c(=O)c(C)cn(c1=O)CCC2.ICCCI. The summed E-state index contributed by atoms with van der Waals surface area (Å²) in [5.74, 6) is 0. The van der Waals surface area contributed by atoms with Crippen LogP contribution in [0.1, 0.15) is 47.9 Å². The minimum Gasteiger partial charge on any atom is -0.300 e. The van der Waals surface area contributed by atoms with E-state index in [-0.39, 0.29) is 35.6 Å². The molecule has 272 valence electrons. The number of nitrogens with zero attached hydrogens (tertiary/aromatic N) is 6. The Hall–Kier alpha value is -3.82. The van der Waals surface area contributed by atoms with E-state index in [2.05, 4.69) is 55.1 Å². The largest absolute Gasteiger partial charge is 0.330 e. The molecule has 16 nitrogen and oxygen atoms in total. The fourth-order valence-corrected chi connectivity index (χ4v) is 7.36. The van der Waals surface area contributed by atoms with Gasteiger partial charge in [-0.1, -0.05) is 45.2 Å². The van der Waals surface area contributed by atoms with Crippen molar-refractivity contribution in [2.45, 2.75) is 92.6 Å². The molecular weight excluding hydrogens is 878 g/mol. The number of aromatic amines is 2. The Labute approximate surface area is 312 Å². The topological polar surface area (TPSA) is 198 Å². The first kappa shape index (κ1) is 40.6. The Kier molecular flexibility index (Phi) is 15.4. The number of hydrogen-bond donors (Lipinski definition) is 2. The number of nitrogens with one attached hydrogen (secondary N) is 2. The van der Waals surface area contributed by atoms with Crippen LogP contribution in [0.2, 0.25) is 0 Å². The molecule has 0 atom stereocenters. The fraction of sp³-hybridized carbons (Fsp3) is 0.500. The number of alkyl halides is 2. The van der Waals surface area contributed by atoms with Gasteiger partial charge in [0.05, 0.1) is 0 Å². The molecule has 1 aliphatic heterocycles. The highest BCUT2D eigenvalue weighted by molar-refractivity contribution is 14.1. The molecule has 0 radical (unpaired) electrons. The summed E-state index contributed by atoms with van der Waals surface area (Å²) >= 11 is 4.77. The Morgan fingerprint density at radius 1 is 0.540 bits per heavy atom. The first-order valence-electron chi connectivity index (χ1n) is 16.0. The van der Waals surface area contributed by atoms with Gasteiger partial charge in [0.2, 0.25) is 0 Å². The van der Waals surface area contributed by atoms with Crippen LogP contribution in [0.15, 0.2) is 63.1 Å². The molecule has 0 saturated heterocycles. The molecule has 4 bridgehead atoms. The van der Waals surface area contributed by atoms with Crippen molar-refractivity contribution in [2.75, 3.05) is 8.86 Å². The molecule has 4 aromatic rings. The summed E-state index contributed by atoms with van der Waals surface area (Å²) in [6.07, 6.45) is 8.90. The second-order valence-corrected chi connectivity index (χ2v) is 14.0. The van der Waals surface area contributed by atoms with Crippen molar-refractivity contribution >= 4 is 45.2 Å². The summed E-state index contributed by atoms with van der Waals surface area (Å²) in [5, 5.41) is 0. The maximum Gasteiger partial charge on any atom is 0.330 e. The third-order valence-electron chi connectivity index (χ3n) is 7.82. The predicted molar refractivity (Wildman–Crippen MR) is 208 cm³/mol. The summed E-state index contributed by atoms with van der Waals surface area (Å²) in [5.41, 5.74) is -1.15. The van der Waals surface area contributed by atoms with Gasteiger partial charge in [-0.2, -0.15) is 0 Å². The molecule has 18 heteroatoms. The third-order valence-corrected chi connectivity index (χ3v) is 9.35. The number of hydrogen-bond acceptors (Lipinski definition) is 8. The van der Waals surface area contributed by atoms with Gasteiger partial charge in [-0.25, -0.2) is 19.2 Å². The Morgan fingerprint density at radius 2 is 0.920 bits per heavy atom. The second kappa shape index (κ2) is 19.0. The van der Waals surface area contributed by atoms with E-state index in [1.165, 1.54) is 55.1 Å². The second-order valence-electron chi connectivity index (χ2n) is 11.8. The standard InChI is InChI=1S/C16H20N4O4.C13H16N4O4.C3H6I2/c1-11-9-17-5-3-6-18-10-12(2)14(22)20(16(18)24)8-4-7-19(13(11)21)15(17)23;1-8-6-16(12(20)14-10(8)18)4-3-5-17-7-9(2)11(19)15-13(17)21;4-2-1-3-5/h9-10H,3-8H2,1-2H3;6-7H,3-5H2,1-2H3,(H,14,18,20)(H,15,19,21);1-3H2. The van der Waals surface area contributed by atoms with Crippen LogP contribution in [0.25, 0.3) is 0 Å². The molecule has 1 aliphatic rings. The number of H-pyrrole nitrogens is 2. The molecule has 0 saturated carbocycles. The number of aromatic nitrogens is 8. The summed E-state index contributed by atoms with van der Waals surface area (Å²) < 4.78 is 10.8. The molecule has 5 rings (SSSR count).